The molecular weight excluding hydrogens is 297 g/mol. The molecule has 6 heteroatoms. The van der Waals surface area contributed by atoms with E-state index in [4.69, 9.17) is 0 Å². The Kier molecular flexibility index (Phi) is 4.52. The second-order valence-electron chi connectivity index (χ2n) is 5.63. The first kappa shape index (κ1) is 15.4. The molecule has 0 atom stereocenters. The van der Waals surface area contributed by atoms with Crippen molar-refractivity contribution in [1.29, 1.82) is 0 Å². The molecule has 1 saturated heterocycles. The number of non-ortho nitro benzene ring substituents is 1. The van der Waals surface area contributed by atoms with Crippen molar-refractivity contribution >= 4 is 11.4 Å². The summed E-state index contributed by atoms with van der Waals surface area (Å²) < 4.78 is 13.7. The SMILES string of the molecule is O=[N+]([O-])c1ccc(N2CCN(Cc3ccccc3F)CC2)cc1. The Labute approximate surface area is 134 Å². The molecule has 2 aromatic carbocycles. The molecule has 5 nitrogen and oxygen atoms in total. The third-order valence-electron chi connectivity index (χ3n) is 4.15. The van der Waals surface area contributed by atoms with Crippen LogP contribution in [0.4, 0.5) is 15.8 Å². The summed E-state index contributed by atoms with van der Waals surface area (Å²) in [5.41, 5.74) is 1.81. The Balaban J connectivity index is 1.58. The molecule has 1 heterocycles. The Bertz CT molecular complexity index is 682. The van der Waals surface area contributed by atoms with Gasteiger partial charge in [-0.05, 0) is 18.2 Å². The maximum absolute atomic E-state index is 13.7. The highest BCUT2D eigenvalue weighted by Crippen LogP contribution is 2.21. The zero-order valence-corrected chi connectivity index (χ0v) is 12.7. The van der Waals surface area contributed by atoms with Crippen LogP contribution in [0.15, 0.2) is 48.5 Å². The molecular formula is C17H18FN3O2. The number of hydrogen-bond donors (Lipinski definition) is 0. The molecule has 1 fully saturated rings. The summed E-state index contributed by atoms with van der Waals surface area (Å²) in [5.74, 6) is -0.162. The van der Waals surface area contributed by atoms with Crippen LogP contribution in [0, 0.1) is 15.9 Å². The predicted octanol–water partition coefficient (Wildman–Crippen LogP) is 3.06. The van der Waals surface area contributed by atoms with E-state index in [9.17, 15) is 14.5 Å². The Hall–Kier alpha value is -2.47. The van der Waals surface area contributed by atoms with Crippen LogP contribution in [0.2, 0.25) is 0 Å². The number of benzene rings is 2. The number of nitro groups is 1. The van der Waals surface area contributed by atoms with Gasteiger partial charge in [-0.2, -0.15) is 0 Å². The summed E-state index contributed by atoms with van der Waals surface area (Å²) >= 11 is 0. The standard InChI is InChI=1S/C17H18FN3O2/c18-17-4-2-1-3-14(17)13-19-9-11-20(12-10-19)15-5-7-16(8-6-15)21(22)23/h1-8H,9-13H2. The average molecular weight is 315 g/mol. The summed E-state index contributed by atoms with van der Waals surface area (Å²) in [6, 6.07) is 13.5. The monoisotopic (exact) mass is 315 g/mol. The van der Waals surface area contributed by atoms with Crippen LogP contribution in [0.5, 0.6) is 0 Å². The van der Waals surface area contributed by atoms with Gasteiger partial charge in [0.25, 0.3) is 5.69 Å². The fraction of sp³-hybridized carbons (Fsp3) is 0.294. The molecule has 0 spiro atoms. The zero-order valence-electron chi connectivity index (χ0n) is 12.7. The van der Waals surface area contributed by atoms with Crippen LogP contribution in [-0.2, 0) is 6.54 Å². The lowest BCUT2D eigenvalue weighted by atomic mass is 10.1. The van der Waals surface area contributed by atoms with Crippen LogP contribution < -0.4 is 4.90 Å². The largest absolute Gasteiger partial charge is 0.369 e. The van der Waals surface area contributed by atoms with Gasteiger partial charge in [0.15, 0.2) is 0 Å². The van der Waals surface area contributed by atoms with Gasteiger partial charge in [0.1, 0.15) is 5.82 Å². The molecule has 0 aliphatic carbocycles. The third-order valence-corrected chi connectivity index (χ3v) is 4.15. The number of nitro benzene ring substituents is 1. The number of hydrogen-bond acceptors (Lipinski definition) is 4. The molecule has 23 heavy (non-hydrogen) atoms. The van der Waals surface area contributed by atoms with Gasteiger partial charge < -0.3 is 4.90 Å². The smallest absolute Gasteiger partial charge is 0.269 e. The van der Waals surface area contributed by atoms with E-state index in [2.05, 4.69) is 9.80 Å². The molecule has 0 aromatic heterocycles. The second kappa shape index (κ2) is 6.75. The van der Waals surface area contributed by atoms with Crippen molar-refractivity contribution in [2.24, 2.45) is 0 Å². The third kappa shape index (κ3) is 3.65. The van der Waals surface area contributed by atoms with E-state index in [1.54, 1.807) is 18.2 Å². The number of anilines is 1. The van der Waals surface area contributed by atoms with E-state index < -0.39 is 4.92 Å². The maximum atomic E-state index is 13.7. The second-order valence-corrected chi connectivity index (χ2v) is 5.63. The summed E-state index contributed by atoms with van der Waals surface area (Å²) in [4.78, 5) is 14.7. The van der Waals surface area contributed by atoms with Crippen LogP contribution in [-0.4, -0.2) is 36.0 Å². The Morgan fingerprint density at radius 3 is 2.26 bits per heavy atom. The van der Waals surface area contributed by atoms with E-state index in [1.165, 1.54) is 18.2 Å². The minimum absolute atomic E-state index is 0.104. The Morgan fingerprint density at radius 2 is 1.65 bits per heavy atom. The first-order valence-electron chi connectivity index (χ1n) is 7.58. The lowest BCUT2D eigenvalue weighted by molar-refractivity contribution is -0.384. The molecule has 120 valence electrons. The molecule has 0 bridgehead atoms. The summed E-state index contributed by atoms with van der Waals surface area (Å²) in [6.07, 6.45) is 0. The van der Waals surface area contributed by atoms with Crippen molar-refractivity contribution in [3.05, 3.63) is 70.0 Å². The lowest BCUT2D eigenvalue weighted by Gasteiger charge is -2.36. The molecule has 2 aromatic rings. The maximum Gasteiger partial charge on any atom is 0.269 e. The van der Waals surface area contributed by atoms with Crippen molar-refractivity contribution < 1.29 is 9.31 Å². The molecule has 0 unspecified atom stereocenters. The number of rotatable bonds is 4. The number of piperazine rings is 1. The predicted molar refractivity (Wildman–Crippen MR) is 87.0 cm³/mol. The zero-order chi connectivity index (χ0) is 16.2. The topological polar surface area (TPSA) is 49.6 Å². The average Bonchev–Trinajstić information content (AvgIpc) is 2.58. The molecule has 3 rings (SSSR count). The van der Waals surface area contributed by atoms with Gasteiger partial charge in [-0.15, -0.1) is 0 Å². The van der Waals surface area contributed by atoms with Crippen LogP contribution in [0.3, 0.4) is 0 Å². The van der Waals surface area contributed by atoms with Gasteiger partial charge in [-0.25, -0.2) is 4.39 Å². The minimum atomic E-state index is -0.393. The van der Waals surface area contributed by atoms with Crippen molar-refractivity contribution in [3.8, 4) is 0 Å². The van der Waals surface area contributed by atoms with E-state index in [0.717, 1.165) is 37.4 Å². The van der Waals surface area contributed by atoms with E-state index in [0.29, 0.717) is 6.54 Å². The van der Waals surface area contributed by atoms with Crippen molar-refractivity contribution in [3.63, 3.8) is 0 Å². The van der Waals surface area contributed by atoms with Crippen molar-refractivity contribution in [2.45, 2.75) is 6.54 Å². The number of nitrogens with zero attached hydrogens (tertiary/aromatic N) is 3. The summed E-state index contributed by atoms with van der Waals surface area (Å²) in [7, 11) is 0. The van der Waals surface area contributed by atoms with Gasteiger partial charge in [0.2, 0.25) is 0 Å². The normalized spacial score (nSPS) is 15.6. The highest BCUT2D eigenvalue weighted by atomic mass is 19.1. The first-order chi connectivity index (χ1) is 11.1. The fourth-order valence-electron chi connectivity index (χ4n) is 2.82. The highest BCUT2D eigenvalue weighted by molar-refractivity contribution is 5.51. The summed E-state index contributed by atoms with van der Waals surface area (Å²) in [6.45, 7) is 3.94. The van der Waals surface area contributed by atoms with Crippen molar-refractivity contribution in [2.75, 3.05) is 31.1 Å². The van der Waals surface area contributed by atoms with Crippen molar-refractivity contribution in [1.82, 2.24) is 4.90 Å². The van der Waals surface area contributed by atoms with Gasteiger partial charge in [-0.1, -0.05) is 18.2 Å². The molecule has 0 N–H and O–H groups in total. The van der Waals surface area contributed by atoms with Gasteiger partial charge >= 0.3 is 0 Å². The fourth-order valence-corrected chi connectivity index (χ4v) is 2.82. The van der Waals surface area contributed by atoms with E-state index in [-0.39, 0.29) is 11.5 Å². The van der Waals surface area contributed by atoms with E-state index in [1.807, 2.05) is 12.1 Å². The van der Waals surface area contributed by atoms with Crippen LogP contribution in [0.1, 0.15) is 5.56 Å². The van der Waals surface area contributed by atoms with Gasteiger partial charge in [0.05, 0.1) is 4.92 Å². The molecule has 0 saturated carbocycles. The van der Waals surface area contributed by atoms with Gasteiger partial charge in [-0.3, -0.25) is 15.0 Å². The lowest BCUT2D eigenvalue weighted by Crippen LogP contribution is -2.46. The number of halogens is 1. The van der Waals surface area contributed by atoms with E-state index >= 15 is 0 Å². The molecule has 0 radical (unpaired) electrons. The van der Waals surface area contributed by atoms with Crippen LogP contribution >= 0.6 is 0 Å². The highest BCUT2D eigenvalue weighted by Gasteiger charge is 2.18. The molecule has 1 aliphatic rings. The quantitative estimate of drug-likeness (QED) is 0.643. The molecule has 0 amide bonds. The molecule has 1 aliphatic heterocycles. The first-order valence-corrected chi connectivity index (χ1v) is 7.58. The minimum Gasteiger partial charge on any atom is -0.369 e. The Morgan fingerprint density at radius 1 is 1.00 bits per heavy atom. The van der Waals surface area contributed by atoms with Gasteiger partial charge in [0, 0.05) is 56.1 Å². The summed E-state index contributed by atoms with van der Waals surface area (Å²) in [5, 5.41) is 10.7. The van der Waals surface area contributed by atoms with Crippen LogP contribution in [0.25, 0.3) is 0 Å².